The van der Waals surface area contributed by atoms with Crippen molar-refractivity contribution in [3.63, 3.8) is 0 Å². The quantitative estimate of drug-likeness (QED) is 0.610. The van der Waals surface area contributed by atoms with Crippen LogP contribution < -0.4 is 10.0 Å². The standard InChI is InChI=1S/C23H29N3O3S.2ClH/c1-30(28,29)25-23(27)19-9-7-17(8-10-19)16-26-13-11-20(12-14-26)24-22-15-21(22)18-5-3-2-4-6-18;;/h2-10,20-22,24H,11-16H2,1H3,(H,25,27);2*1H/t21-,22+;;/m0../s1. The molecule has 2 fully saturated rings. The average Bonchev–Trinajstić information content (AvgIpc) is 3.48. The molecule has 1 heterocycles. The molecule has 2 aromatic carbocycles. The second kappa shape index (κ2) is 11.5. The summed E-state index contributed by atoms with van der Waals surface area (Å²) in [5, 5.41) is 3.84. The van der Waals surface area contributed by atoms with Gasteiger partial charge in [-0.25, -0.2) is 13.1 Å². The molecule has 0 spiro atoms. The number of likely N-dealkylation sites (tertiary alicyclic amines) is 1. The molecular weight excluding hydrogens is 469 g/mol. The number of nitrogens with zero attached hydrogens (tertiary/aromatic N) is 1. The molecule has 2 aliphatic rings. The number of benzene rings is 2. The van der Waals surface area contributed by atoms with Gasteiger partial charge in [-0.15, -0.1) is 24.8 Å². The lowest BCUT2D eigenvalue weighted by Crippen LogP contribution is -2.43. The molecule has 0 unspecified atom stereocenters. The van der Waals surface area contributed by atoms with E-state index in [-0.39, 0.29) is 24.8 Å². The van der Waals surface area contributed by atoms with Crippen molar-refractivity contribution in [2.24, 2.45) is 0 Å². The summed E-state index contributed by atoms with van der Waals surface area (Å²) in [6.45, 7) is 2.95. The van der Waals surface area contributed by atoms with Gasteiger partial charge in [-0.05, 0) is 55.6 Å². The van der Waals surface area contributed by atoms with Crippen molar-refractivity contribution in [1.29, 1.82) is 0 Å². The van der Waals surface area contributed by atoms with Gasteiger partial charge in [0.05, 0.1) is 6.26 Å². The number of amides is 1. The summed E-state index contributed by atoms with van der Waals surface area (Å²) in [7, 11) is -3.55. The molecule has 0 bridgehead atoms. The summed E-state index contributed by atoms with van der Waals surface area (Å²) >= 11 is 0. The monoisotopic (exact) mass is 499 g/mol. The fraction of sp³-hybridized carbons (Fsp3) is 0.435. The van der Waals surface area contributed by atoms with Gasteiger partial charge in [-0.1, -0.05) is 42.5 Å². The normalized spacial score (nSPS) is 21.2. The van der Waals surface area contributed by atoms with Gasteiger partial charge in [0.1, 0.15) is 0 Å². The van der Waals surface area contributed by atoms with Gasteiger partial charge in [-0.3, -0.25) is 9.69 Å². The second-order valence-corrected chi connectivity index (χ2v) is 10.2. The van der Waals surface area contributed by atoms with Gasteiger partial charge < -0.3 is 5.32 Å². The zero-order valence-electron chi connectivity index (χ0n) is 18.1. The van der Waals surface area contributed by atoms with Crippen LogP contribution in [0.5, 0.6) is 0 Å². The molecule has 2 aromatic rings. The van der Waals surface area contributed by atoms with Gasteiger partial charge in [0.2, 0.25) is 10.0 Å². The fourth-order valence-corrected chi connectivity index (χ4v) is 4.71. The van der Waals surface area contributed by atoms with Gasteiger partial charge in [-0.2, -0.15) is 0 Å². The Bertz CT molecular complexity index is 979. The minimum absolute atomic E-state index is 0. The molecule has 0 radical (unpaired) electrons. The summed E-state index contributed by atoms with van der Waals surface area (Å²) in [5.41, 5.74) is 2.93. The Morgan fingerprint density at radius 1 is 1.00 bits per heavy atom. The van der Waals surface area contributed by atoms with Crippen LogP contribution in [0.25, 0.3) is 0 Å². The maximum absolute atomic E-state index is 11.9. The molecular formula is C23H31Cl2N3O3S. The van der Waals surface area contributed by atoms with E-state index in [2.05, 4.69) is 40.5 Å². The number of sulfonamides is 1. The first-order valence-corrected chi connectivity index (χ1v) is 12.4. The average molecular weight is 500 g/mol. The molecule has 176 valence electrons. The zero-order chi connectivity index (χ0) is 21.1. The lowest BCUT2D eigenvalue weighted by molar-refractivity contribution is 0.0981. The first kappa shape index (κ1) is 26.6. The molecule has 2 N–H and O–H groups in total. The van der Waals surface area contributed by atoms with Crippen LogP contribution in [-0.2, 0) is 16.6 Å². The highest BCUT2D eigenvalue weighted by atomic mass is 35.5. The minimum atomic E-state index is -3.55. The number of piperidine rings is 1. The third-order valence-corrected chi connectivity index (χ3v) is 6.51. The molecule has 32 heavy (non-hydrogen) atoms. The van der Waals surface area contributed by atoms with Crippen LogP contribution in [0.2, 0.25) is 0 Å². The van der Waals surface area contributed by atoms with E-state index < -0.39 is 15.9 Å². The Morgan fingerprint density at radius 3 is 2.22 bits per heavy atom. The predicted molar refractivity (Wildman–Crippen MR) is 132 cm³/mol. The molecule has 0 aromatic heterocycles. The van der Waals surface area contributed by atoms with E-state index in [1.807, 2.05) is 16.9 Å². The first-order valence-electron chi connectivity index (χ1n) is 10.5. The zero-order valence-corrected chi connectivity index (χ0v) is 20.5. The van der Waals surface area contributed by atoms with Gasteiger partial charge in [0, 0.05) is 30.1 Å². The smallest absolute Gasteiger partial charge is 0.264 e. The second-order valence-electron chi connectivity index (χ2n) is 8.48. The van der Waals surface area contributed by atoms with Crippen molar-refractivity contribution >= 4 is 40.7 Å². The Labute approximate surface area is 203 Å². The first-order chi connectivity index (χ1) is 14.4. The summed E-state index contributed by atoms with van der Waals surface area (Å²) in [6.07, 6.45) is 4.51. The van der Waals surface area contributed by atoms with E-state index in [1.165, 1.54) is 12.0 Å². The maximum atomic E-state index is 11.9. The number of rotatable bonds is 7. The van der Waals surface area contributed by atoms with Crippen LogP contribution in [0, 0.1) is 0 Å². The summed E-state index contributed by atoms with van der Waals surface area (Å²) in [6, 6.07) is 19.1. The lowest BCUT2D eigenvalue weighted by atomic mass is 10.0. The minimum Gasteiger partial charge on any atom is -0.311 e. The van der Waals surface area contributed by atoms with E-state index in [4.69, 9.17) is 0 Å². The van der Waals surface area contributed by atoms with E-state index in [0.29, 0.717) is 23.6 Å². The number of hydrogen-bond donors (Lipinski definition) is 2. The van der Waals surface area contributed by atoms with Crippen LogP contribution in [-0.4, -0.2) is 50.7 Å². The molecule has 6 nitrogen and oxygen atoms in total. The van der Waals surface area contributed by atoms with Crippen molar-refractivity contribution in [2.75, 3.05) is 19.3 Å². The molecule has 1 saturated carbocycles. The van der Waals surface area contributed by atoms with E-state index >= 15 is 0 Å². The molecule has 2 atom stereocenters. The van der Waals surface area contributed by atoms with Crippen molar-refractivity contribution in [2.45, 2.75) is 43.8 Å². The molecule has 1 amide bonds. The fourth-order valence-electron chi connectivity index (χ4n) is 4.26. The maximum Gasteiger partial charge on any atom is 0.264 e. The topological polar surface area (TPSA) is 78.5 Å². The largest absolute Gasteiger partial charge is 0.311 e. The summed E-state index contributed by atoms with van der Waals surface area (Å²) in [5.74, 6) is 0.0764. The highest BCUT2D eigenvalue weighted by Gasteiger charge is 2.39. The van der Waals surface area contributed by atoms with E-state index in [9.17, 15) is 13.2 Å². The molecule has 9 heteroatoms. The van der Waals surface area contributed by atoms with Crippen LogP contribution in [0.1, 0.15) is 46.7 Å². The Morgan fingerprint density at radius 2 is 1.62 bits per heavy atom. The van der Waals surface area contributed by atoms with Gasteiger partial charge in [0.15, 0.2) is 0 Å². The molecule has 4 rings (SSSR count). The number of halogens is 2. The SMILES string of the molecule is CS(=O)(=O)NC(=O)c1ccc(CN2CCC(N[C@@H]3C[C@H]3c3ccccc3)CC2)cc1.Cl.Cl. The van der Waals surface area contributed by atoms with Crippen LogP contribution in [0.4, 0.5) is 0 Å². The molecule has 1 aliphatic carbocycles. The Kier molecular flexibility index (Phi) is 9.54. The third kappa shape index (κ3) is 7.46. The number of hydrogen-bond acceptors (Lipinski definition) is 5. The predicted octanol–water partition coefficient (Wildman–Crippen LogP) is 3.33. The van der Waals surface area contributed by atoms with Crippen molar-refractivity contribution < 1.29 is 13.2 Å². The van der Waals surface area contributed by atoms with E-state index in [0.717, 1.165) is 44.3 Å². The lowest BCUT2D eigenvalue weighted by Gasteiger charge is -2.32. The highest BCUT2D eigenvalue weighted by molar-refractivity contribution is 7.89. The highest BCUT2D eigenvalue weighted by Crippen LogP contribution is 2.41. The Hall–Kier alpha value is -1.64. The number of nitrogens with one attached hydrogen (secondary N) is 2. The summed E-state index contributed by atoms with van der Waals surface area (Å²) in [4.78, 5) is 14.3. The number of carbonyl (C=O) groups is 1. The molecule has 1 saturated heterocycles. The number of carbonyl (C=O) groups excluding carboxylic acids is 1. The van der Waals surface area contributed by atoms with Crippen LogP contribution >= 0.6 is 24.8 Å². The van der Waals surface area contributed by atoms with Crippen molar-refractivity contribution in [3.8, 4) is 0 Å². The van der Waals surface area contributed by atoms with Gasteiger partial charge in [0.25, 0.3) is 5.91 Å². The third-order valence-electron chi connectivity index (χ3n) is 5.96. The van der Waals surface area contributed by atoms with Crippen LogP contribution in [0.3, 0.4) is 0 Å². The molecule has 1 aliphatic heterocycles. The van der Waals surface area contributed by atoms with Crippen LogP contribution in [0.15, 0.2) is 54.6 Å². The van der Waals surface area contributed by atoms with Crippen molar-refractivity contribution in [1.82, 2.24) is 14.9 Å². The van der Waals surface area contributed by atoms with E-state index in [1.54, 1.807) is 12.1 Å². The summed E-state index contributed by atoms with van der Waals surface area (Å²) < 4.78 is 24.4. The van der Waals surface area contributed by atoms with Gasteiger partial charge >= 0.3 is 0 Å². The Balaban J connectivity index is 0.00000181. The van der Waals surface area contributed by atoms with Crippen molar-refractivity contribution in [3.05, 3.63) is 71.3 Å².